The van der Waals surface area contributed by atoms with Crippen molar-refractivity contribution in [2.24, 2.45) is 0 Å². The Balaban J connectivity index is 2.53. The molecule has 1 N–H and O–H groups in total. The van der Waals surface area contributed by atoms with E-state index in [4.69, 9.17) is 0 Å². The van der Waals surface area contributed by atoms with Crippen LogP contribution in [0.4, 0.5) is 5.69 Å². The Kier molecular flexibility index (Phi) is 5.65. The van der Waals surface area contributed by atoms with Gasteiger partial charge in [0.05, 0.1) is 0 Å². The Morgan fingerprint density at radius 3 is 2.28 bits per heavy atom. The van der Waals surface area contributed by atoms with Crippen molar-refractivity contribution in [3.63, 3.8) is 0 Å². The maximum Gasteiger partial charge on any atom is 0.223 e. The van der Waals surface area contributed by atoms with E-state index in [-0.39, 0.29) is 5.91 Å². The highest BCUT2D eigenvalue weighted by Gasteiger charge is 2.08. The average molecular weight is 249 g/mol. The molecule has 0 fully saturated rings. The van der Waals surface area contributed by atoms with Crippen molar-refractivity contribution in [3.8, 4) is 0 Å². The molecule has 1 rings (SSSR count). The van der Waals surface area contributed by atoms with Gasteiger partial charge in [0.1, 0.15) is 0 Å². The number of rotatable bonds is 6. The van der Waals surface area contributed by atoms with E-state index < -0.39 is 0 Å². The van der Waals surface area contributed by atoms with Gasteiger partial charge in [0.15, 0.2) is 0 Å². The fourth-order valence-corrected chi connectivity index (χ4v) is 1.68. The van der Waals surface area contributed by atoms with Crippen LogP contribution in [0, 0.1) is 0 Å². The lowest BCUT2D eigenvalue weighted by molar-refractivity contribution is -0.130. The predicted molar refractivity (Wildman–Crippen MR) is 75.8 cm³/mol. The van der Waals surface area contributed by atoms with Gasteiger partial charge >= 0.3 is 0 Å². The van der Waals surface area contributed by atoms with Crippen LogP contribution in [0.25, 0.3) is 0 Å². The van der Waals surface area contributed by atoms with E-state index in [0.29, 0.717) is 13.0 Å². The van der Waals surface area contributed by atoms with Crippen LogP contribution in [0.15, 0.2) is 24.3 Å². The molecular formula is C14H23N3O. The lowest BCUT2D eigenvalue weighted by Crippen LogP contribution is -2.28. The Labute approximate surface area is 110 Å². The molecule has 1 aromatic carbocycles. The van der Waals surface area contributed by atoms with Crippen LogP contribution >= 0.6 is 0 Å². The number of hydrogen-bond acceptors (Lipinski definition) is 3. The number of hydrogen-bond donors (Lipinski definition) is 1. The number of amides is 1. The van der Waals surface area contributed by atoms with Crippen molar-refractivity contribution in [1.82, 2.24) is 10.2 Å². The first-order valence-electron chi connectivity index (χ1n) is 6.19. The maximum absolute atomic E-state index is 11.8. The van der Waals surface area contributed by atoms with Gasteiger partial charge in [-0.05, 0) is 24.7 Å². The highest BCUT2D eigenvalue weighted by molar-refractivity contribution is 5.76. The first kappa shape index (κ1) is 14.5. The summed E-state index contributed by atoms with van der Waals surface area (Å²) in [6, 6.07) is 8.27. The summed E-state index contributed by atoms with van der Waals surface area (Å²) in [6.07, 6.45) is 0.544. The summed E-state index contributed by atoms with van der Waals surface area (Å²) >= 11 is 0. The molecule has 4 nitrogen and oxygen atoms in total. The van der Waals surface area contributed by atoms with Crippen LogP contribution < -0.4 is 10.2 Å². The number of carbonyl (C=O) groups is 1. The van der Waals surface area contributed by atoms with Crippen LogP contribution in [-0.4, -0.2) is 45.5 Å². The molecule has 0 aliphatic rings. The Morgan fingerprint density at radius 1 is 1.17 bits per heavy atom. The molecule has 4 heteroatoms. The van der Waals surface area contributed by atoms with Crippen molar-refractivity contribution < 1.29 is 4.79 Å². The molecule has 0 unspecified atom stereocenters. The SMILES string of the molecule is CNCCC(=O)N(C)Cc1ccc(N(C)C)cc1. The number of nitrogens with zero attached hydrogens (tertiary/aromatic N) is 2. The standard InChI is InChI=1S/C14H23N3O/c1-15-10-9-14(18)17(4)11-12-5-7-13(8-6-12)16(2)3/h5-8,15H,9-11H2,1-4H3. The third-order valence-corrected chi connectivity index (χ3v) is 2.89. The Morgan fingerprint density at radius 2 is 1.78 bits per heavy atom. The van der Waals surface area contributed by atoms with Crippen LogP contribution in [-0.2, 0) is 11.3 Å². The summed E-state index contributed by atoms with van der Waals surface area (Å²) in [4.78, 5) is 15.6. The largest absolute Gasteiger partial charge is 0.378 e. The molecule has 0 aliphatic heterocycles. The lowest BCUT2D eigenvalue weighted by Gasteiger charge is -2.18. The zero-order valence-corrected chi connectivity index (χ0v) is 11.7. The van der Waals surface area contributed by atoms with Crippen LogP contribution in [0.3, 0.4) is 0 Å². The van der Waals surface area contributed by atoms with Gasteiger partial charge in [0, 0.05) is 46.3 Å². The predicted octanol–water partition coefficient (Wildman–Crippen LogP) is 1.32. The van der Waals surface area contributed by atoms with Crippen molar-refractivity contribution in [3.05, 3.63) is 29.8 Å². The lowest BCUT2D eigenvalue weighted by atomic mass is 10.2. The van der Waals surface area contributed by atoms with Gasteiger partial charge in [-0.25, -0.2) is 0 Å². The summed E-state index contributed by atoms with van der Waals surface area (Å²) in [5.74, 6) is 0.168. The molecule has 18 heavy (non-hydrogen) atoms. The minimum atomic E-state index is 0.168. The van der Waals surface area contributed by atoms with E-state index in [1.807, 2.05) is 28.2 Å². The second-order valence-electron chi connectivity index (χ2n) is 4.66. The second kappa shape index (κ2) is 7.01. The van der Waals surface area contributed by atoms with Crippen molar-refractivity contribution in [2.45, 2.75) is 13.0 Å². The molecule has 0 aromatic heterocycles. The normalized spacial score (nSPS) is 10.2. The van der Waals surface area contributed by atoms with Gasteiger partial charge < -0.3 is 15.1 Å². The molecule has 0 spiro atoms. The summed E-state index contributed by atoms with van der Waals surface area (Å²) in [6.45, 7) is 1.39. The highest BCUT2D eigenvalue weighted by atomic mass is 16.2. The molecule has 0 radical (unpaired) electrons. The fourth-order valence-electron chi connectivity index (χ4n) is 1.68. The number of anilines is 1. The molecular weight excluding hydrogens is 226 g/mol. The van der Waals surface area contributed by atoms with E-state index in [0.717, 1.165) is 12.1 Å². The van der Waals surface area contributed by atoms with E-state index in [9.17, 15) is 4.79 Å². The van der Waals surface area contributed by atoms with Crippen molar-refractivity contribution in [1.29, 1.82) is 0 Å². The summed E-state index contributed by atoms with van der Waals surface area (Å²) < 4.78 is 0. The quantitative estimate of drug-likeness (QED) is 0.826. The minimum absolute atomic E-state index is 0.168. The molecule has 0 heterocycles. The van der Waals surface area contributed by atoms with Gasteiger partial charge in [-0.3, -0.25) is 4.79 Å². The molecule has 1 amide bonds. The van der Waals surface area contributed by atoms with Crippen molar-refractivity contribution >= 4 is 11.6 Å². The summed E-state index contributed by atoms with van der Waals surface area (Å²) in [5.41, 5.74) is 2.32. The molecule has 0 aliphatic carbocycles. The number of benzene rings is 1. The van der Waals surface area contributed by atoms with Crippen molar-refractivity contribution in [2.75, 3.05) is 39.6 Å². The summed E-state index contributed by atoms with van der Waals surface area (Å²) in [5, 5.41) is 2.98. The first-order valence-corrected chi connectivity index (χ1v) is 6.19. The third kappa shape index (κ3) is 4.37. The molecule has 0 atom stereocenters. The number of nitrogens with one attached hydrogen (secondary N) is 1. The van der Waals surface area contributed by atoms with Crippen LogP contribution in [0.5, 0.6) is 0 Å². The Bertz CT molecular complexity index is 373. The number of carbonyl (C=O) groups excluding carboxylic acids is 1. The zero-order chi connectivity index (χ0) is 13.5. The van der Waals surface area contributed by atoms with Crippen LogP contribution in [0.2, 0.25) is 0 Å². The molecule has 0 saturated carbocycles. The van der Waals surface area contributed by atoms with Gasteiger partial charge in [-0.15, -0.1) is 0 Å². The highest BCUT2D eigenvalue weighted by Crippen LogP contribution is 2.13. The Hall–Kier alpha value is -1.55. The smallest absolute Gasteiger partial charge is 0.223 e. The fraction of sp³-hybridized carbons (Fsp3) is 0.500. The van der Waals surface area contributed by atoms with E-state index in [1.54, 1.807) is 4.90 Å². The minimum Gasteiger partial charge on any atom is -0.378 e. The molecule has 0 bridgehead atoms. The second-order valence-corrected chi connectivity index (χ2v) is 4.66. The zero-order valence-electron chi connectivity index (χ0n) is 11.7. The van der Waals surface area contributed by atoms with E-state index >= 15 is 0 Å². The monoisotopic (exact) mass is 249 g/mol. The molecule has 100 valence electrons. The van der Waals surface area contributed by atoms with E-state index in [2.05, 4.69) is 34.5 Å². The average Bonchev–Trinajstić information content (AvgIpc) is 2.36. The van der Waals surface area contributed by atoms with E-state index in [1.165, 1.54) is 5.69 Å². The maximum atomic E-state index is 11.8. The van der Waals surface area contributed by atoms with Crippen LogP contribution in [0.1, 0.15) is 12.0 Å². The molecule has 1 aromatic rings. The topological polar surface area (TPSA) is 35.6 Å². The van der Waals surface area contributed by atoms with Gasteiger partial charge in [-0.2, -0.15) is 0 Å². The third-order valence-electron chi connectivity index (χ3n) is 2.89. The van der Waals surface area contributed by atoms with Gasteiger partial charge in [0.25, 0.3) is 0 Å². The first-order chi connectivity index (χ1) is 8.54. The van der Waals surface area contributed by atoms with Gasteiger partial charge in [0.2, 0.25) is 5.91 Å². The molecule has 0 saturated heterocycles. The summed E-state index contributed by atoms with van der Waals surface area (Å²) in [7, 11) is 7.73. The van der Waals surface area contributed by atoms with Gasteiger partial charge in [-0.1, -0.05) is 12.1 Å².